The lowest BCUT2D eigenvalue weighted by Crippen LogP contribution is -2.10. The molecule has 0 aromatic carbocycles. The molecule has 1 rings (SSSR count). The fraction of sp³-hybridized carbons (Fsp3) is 0.400. The fourth-order valence-corrected chi connectivity index (χ4v) is 1.27. The van der Waals surface area contributed by atoms with Crippen LogP contribution in [0.4, 0.5) is 0 Å². The number of rotatable bonds is 2. The van der Waals surface area contributed by atoms with E-state index < -0.39 is 0 Å². The quantitative estimate of drug-likeness (QED) is 0.666. The van der Waals surface area contributed by atoms with Crippen LogP contribution in [-0.2, 0) is 0 Å². The van der Waals surface area contributed by atoms with Crippen molar-refractivity contribution in [2.24, 2.45) is 0 Å². The lowest BCUT2D eigenvalue weighted by atomic mass is 10.2. The molecule has 1 aromatic heterocycles. The topological polar surface area (TPSA) is 59.9 Å². The lowest BCUT2D eigenvalue weighted by Gasteiger charge is -2.05. The van der Waals surface area contributed by atoms with E-state index in [4.69, 9.17) is 0 Å². The Balaban J connectivity index is 3.38. The van der Waals surface area contributed by atoms with Crippen LogP contribution < -0.4 is 0 Å². The van der Waals surface area contributed by atoms with Crippen LogP contribution in [0, 0.1) is 13.8 Å². The minimum atomic E-state index is -0.131. The van der Waals surface area contributed by atoms with Gasteiger partial charge >= 0.3 is 0 Å². The zero-order chi connectivity index (χ0) is 10.9. The van der Waals surface area contributed by atoms with Crippen LogP contribution >= 0.6 is 0 Å². The first-order chi connectivity index (χ1) is 6.43. The molecule has 4 nitrogen and oxygen atoms in total. The molecule has 4 heteroatoms. The SMILES string of the molecule is CC(=O)c1nc(C)c(C(C)=O)nc1C. The van der Waals surface area contributed by atoms with Gasteiger partial charge in [0.2, 0.25) is 0 Å². The smallest absolute Gasteiger partial charge is 0.179 e. The highest BCUT2D eigenvalue weighted by Gasteiger charge is 2.13. The van der Waals surface area contributed by atoms with Crippen molar-refractivity contribution in [1.29, 1.82) is 0 Å². The van der Waals surface area contributed by atoms with Crippen molar-refractivity contribution < 1.29 is 9.59 Å². The standard InChI is InChI=1S/C10H12N2O2/c1-5-9(7(3)13)12-6(2)10(11-5)8(4)14/h1-4H3. The largest absolute Gasteiger partial charge is 0.293 e. The second kappa shape index (κ2) is 3.65. The molecule has 0 bridgehead atoms. The van der Waals surface area contributed by atoms with Gasteiger partial charge in [-0.25, -0.2) is 9.97 Å². The van der Waals surface area contributed by atoms with Crippen molar-refractivity contribution in [3.8, 4) is 0 Å². The van der Waals surface area contributed by atoms with Crippen molar-refractivity contribution in [3.63, 3.8) is 0 Å². The molecule has 0 aliphatic heterocycles. The monoisotopic (exact) mass is 192 g/mol. The predicted octanol–water partition coefficient (Wildman–Crippen LogP) is 1.50. The Hall–Kier alpha value is -1.58. The summed E-state index contributed by atoms with van der Waals surface area (Å²) >= 11 is 0. The van der Waals surface area contributed by atoms with Crippen LogP contribution in [0.15, 0.2) is 0 Å². The van der Waals surface area contributed by atoms with Gasteiger partial charge in [0.25, 0.3) is 0 Å². The van der Waals surface area contributed by atoms with Crippen molar-refractivity contribution in [2.75, 3.05) is 0 Å². The second-order valence-corrected chi connectivity index (χ2v) is 3.20. The third-order valence-electron chi connectivity index (χ3n) is 1.91. The molecule has 1 aromatic rings. The normalized spacial score (nSPS) is 10.0. The number of nitrogens with zero attached hydrogens (tertiary/aromatic N) is 2. The summed E-state index contributed by atoms with van der Waals surface area (Å²) in [6.07, 6.45) is 0. The molecular weight excluding hydrogens is 180 g/mol. The van der Waals surface area contributed by atoms with E-state index in [-0.39, 0.29) is 11.6 Å². The molecule has 14 heavy (non-hydrogen) atoms. The average Bonchev–Trinajstić information content (AvgIpc) is 2.07. The van der Waals surface area contributed by atoms with Gasteiger partial charge in [-0.05, 0) is 13.8 Å². The van der Waals surface area contributed by atoms with Gasteiger partial charge in [-0.15, -0.1) is 0 Å². The molecule has 0 saturated carbocycles. The molecule has 1 heterocycles. The Morgan fingerprint density at radius 1 is 0.857 bits per heavy atom. The maximum absolute atomic E-state index is 11.1. The molecule has 0 unspecified atom stereocenters. The third-order valence-corrected chi connectivity index (χ3v) is 1.91. The number of aryl methyl sites for hydroxylation is 2. The summed E-state index contributed by atoms with van der Waals surface area (Å²) < 4.78 is 0. The van der Waals surface area contributed by atoms with Gasteiger partial charge < -0.3 is 0 Å². The molecule has 0 atom stereocenters. The number of carbonyl (C=O) groups is 2. The Bertz CT molecular complexity index is 371. The van der Waals surface area contributed by atoms with E-state index >= 15 is 0 Å². The summed E-state index contributed by atoms with van der Waals surface area (Å²) in [5.74, 6) is -0.263. The summed E-state index contributed by atoms with van der Waals surface area (Å²) in [7, 11) is 0. The molecule has 0 saturated heterocycles. The minimum absolute atomic E-state index is 0.131. The van der Waals surface area contributed by atoms with Gasteiger partial charge in [0, 0.05) is 13.8 Å². The molecule has 0 amide bonds. The van der Waals surface area contributed by atoms with E-state index in [2.05, 4.69) is 9.97 Å². The molecular formula is C10H12N2O2. The molecule has 0 fully saturated rings. The molecule has 0 spiro atoms. The van der Waals surface area contributed by atoms with Gasteiger partial charge in [-0.3, -0.25) is 9.59 Å². The zero-order valence-corrected chi connectivity index (χ0v) is 8.71. The maximum Gasteiger partial charge on any atom is 0.179 e. The molecule has 74 valence electrons. The minimum Gasteiger partial charge on any atom is -0.293 e. The van der Waals surface area contributed by atoms with Gasteiger partial charge in [0.05, 0.1) is 11.4 Å². The number of hydrogen-bond acceptors (Lipinski definition) is 4. The van der Waals surface area contributed by atoms with Crippen LogP contribution in [0.5, 0.6) is 0 Å². The summed E-state index contributed by atoms with van der Waals surface area (Å²) in [4.78, 5) is 30.3. The first kappa shape index (κ1) is 10.5. The van der Waals surface area contributed by atoms with Crippen molar-refractivity contribution in [1.82, 2.24) is 9.97 Å². The predicted molar refractivity (Wildman–Crippen MR) is 51.5 cm³/mol. The van der Waals surface area contributed by atoms with E-state index in [0.29, 0.717) is 22.8 Å². The number of ketones is 2. The number of Topliss-reactive ketones (excluding diaryl/α,β-unsaturated/α-hetero) is 2. The third kappa shape index (κ3) is 1.84. The van der Waals surface area contributed by atoms with E-state index in [1.807, 2.05) is 0 Å². The van der Waals surface area contributed by atoms with Crippen molar-refractivity contribution >= 4 is 11.6 Å². The number of aromatic nitrogens is 2. The first-order valence-corrected chi connectivity index (χ1v) is 4.30. The van der Waals surface area contributed by atoms with Crippen LogP contribution in [0.3, 0.4) is 0 Å². The summed E-state index contributed by atoms with van der Waals surface area (Å²) in [6.45, 7) is 6.22. The first-order valence-electron chi connectivity index (χ1n) is 4.30. The number of hydrogen-bond donors (Lipinski definition) is 0. The highest BCUT2D eigenvalue weighted by molar-refractivity contribution is 5.96. The second-order valence-electron chi connectivity index (χ2n) is 3.20. The Morgan fingerprint density at radius 3 is 1.36 bits per heavy atom. The number of carbonyl (C=O) groups excluding carboxylic acids is 2. The van der Waals surface area contributed by atoms with E-state index in [1.54, 1.807) is 13.8 Å². The molecule has 0 aliphatic carbocycles. The van der Waals surface area contributed by atoms with E-state index in [1.165, 1.54) is 13.8 Å². The van der Waals surface area contributed by atoms with E-state index in [0.717, 1.165) is 0 Å². The summed E-state index contributed by atoms with van der Waals surface area (Å²) in [5, 5.41) is 0. The van der Waals surface area contributed by atoms with Crippen LogP contribution in [0.1, 0.15) is 46.2 Å². The molecule has 0 N–H and O–H groups in total. The molecule has 0 aliphatic rings. The summed E-state index contributed by atoms with van der Waals surface area (Å²) in [6, 6.07) is 0. The van der Waals surface area contributed by atoms with E-state index in [9.17, 15) is 9.59 Å². The van der Waals surface area contributed by atoms with Crippen molar-refractivity contribution in [3.05, 3.63) is 22.8 Å². The van der Waals surface area contributed by atoms with Gasteiger partial charge in [0.15, 0.2) is 11.6 Å². The summed E-state index contributed by atoms with van der Waals surface area (Å²) in [5.41, 5.74) is 1.70. The van der Waals surface area contributed by atoms with Gasteiger partial charge in [-0.1, -0.05) is 0 Å². The van der Waals surface area contributed by atoms with Gasteiger partial charge in [0.1, 0.15) is 11.4 Å². The average molecular weight is 192 g/mol. The zero-order valence-electron chi connectivity index (χ0n) is 8.71. The maximum atomic E-state index is 11.1. The van der Waals surface area contributed by atoms with Crippen LogP contribution in [0.25, 0.3) is 0 Å². The Morgan fingerprint density at radius 2 is 1.14 bits per heavy atom. The highest BCUT2D eigenvalue weighted by atomic mass is 16.1. The Kier molecular flexibility index (Phi) is 2.74. The lowest BCUT2D eigenvalue weighted by molar-refractivity contribution is 0.0992. The van der Waals surface area contributed by atoms with Gasteiger partial charge in [-0.2, -0.15) is 0 Å². The Labute approximate surface area is 82.4 Å². The molecule has 0 radical (unpaired) electrons. The van der Waals surface area contributed by atoms with Crippen molar-refractivity contribution in [2.45, 2.75) is 27.7 Å². The van der Waals surface area contributed by atoms with Crippen LogP contribution in [-0.4, -0.2) is 21.5 Å². The highest BCUT2D eigenvalue weighted by Crippen LogP contribution is 2.09. The van der Waals surface area contributed by atoms with Crippen LogP contribution in [0.2, 0.25) is 0 Å². The fourth-order valence-electron chi connectivity index (χ4n) is 1.27.